The van der Waals surface area contributed by atoms with E-state index in [4.69, 9.17) is 11.2 Å². The number of amides is 1. The molecule has 1 rings (SSSR count). The predicted octanol–water partition coefficient (Wildman–Crippen LogP) is 0.782. The zero-order chi connectivity index (χ0) is 11.5. The number of nitrogens with zero attached hydrogens (tertiary/aromatic N) is 2. The monoisotopic (exact) mass is 210 g/mol. The minimum Gasteiger partial charge on any atom is -0.430 e. The molecule has 0 spiro atoms. The normalized spacial score (nSPS) is 18.4. The molecule has 0 N–H and O–H groups in total. The van der Waals surface area contributed by atoms with Crippen molar-refractivity contribution in [3.05, 3.63) is 0 Å². The zero-order valence-electron chi connectivity index (χ0n) is 9.62. The highest BCUT2D eigenvalue weighted by Crippen LogP contribution is 2.11. The number of hydrogen-bond acceptors (Lipinski definition) is 3. The van der Waals surface area contributed by atoms with Gasteiger partial charge in [-0.25, -0.2) is 4.79 Å². The Morgan fingerprint density at radius 1 is 1.33 bits per heavy atom. The van der Waals surface area contributed by atoms with Gasteiger partial charge in [-0.3, -0.25) is 0 Å². The molecule has 0 unspecified atom stereocenters. The summed E-state index contributed by atoms with van der Waals surface area (Å²) in [6.45, 7) is 6.59. The molecule has 1 amide bonds. The van der Waals surface area contributed by atoms with Crippen LogP contribution in [0.15, 0.2) is 0 Å². The summed E-state index contributed by atoms with van der Waals surface area (Å²) in [4.78, 5) is 15.5. The van der Waals surface area contributed by atoms with Gasteiger partial charge in [-0.15, -0.1) is 6.42 Å². The topological polar surface area (TPSA) is 32.8 Å². The number of carbonyl (C=O) groups excluding carboxylic acids is 1. The van der Waals surface area contributed by atoms with Crippen molar-refractivity contribution >= 4 is 6.09 Å². The van der Waals surface area contributed by atoms with Crippen molar-refractivity contribution in [2.24, 2.45) is 0 Å². The molecule has 1 saturated heterocycles. The fourth-order valence-corrected chi connectivity index (χ4v) is 1.30. The predicted molar refractivity (Wildman–Crippen MR) is 58.5 cm³/mol. The van der Waals surface area contributed by atoms with Crippen molar-refractivity contribution in [3.8, 4) is 12.3 Å². The van der Waals surface area contributed by atoms with E-state index in [2.05, 4.69) is 10.8 Å². The largest absolute Gasteiger partial charge is 0.430 e. The average Bonchev–Trinajstić information content (AvgIpc) is 2.18. The van der Waals surface area contributed by atoms with E-state index in [9.17, 15) is 4.79 Å². The molecule has 0 aromatic heterocycles. The number of rotatable bonds is 1. The summed E-state index contributed by atoms with van der Waals surface area (Å²) in [5, 5.41) is 0. The van der Waals surface area contributed by atoms with Crippen molar-refractivity contribution < 1.29 is 9.53 Å². The van der Waals surface area contributed by atoms with Crippen molar-refractivity contribution in [2.45, 2.75) is 19.4 Å². The molecule has 0 bridgehead atoms. The maximum atomic E-state index is 11.7. The number of carbonyl (C=O) groups is 1. The summed E-state index contributed by atoms with van der Waals surface area (Å²) < 4.78 is 5.19. The van der Waals surface area contributed by atoms with Crippen LogP contribution in [0.1, 0.15) is 13.8 Å². The van der Waals surface area contributed by atoms with Crippen LogP contribution in [0.25, 0.3) is 0 Å². The van der Waals surface area contributed by atoms with Gasteiger partial charge in [-0.05, 0) is 20.9 Å². The van der Waals surface area contributed by atoms with E-state index in [1.165, 1.54) is 0 Å². The van der Waals surface area contributed by atoms with Gasteiger partial charge in [0.15, 0.2) is 5.60 Å². The second-order valence-electron chi connectivity index (χ2n) is 4.31. The van der Waals surface area contributed by atoms with E-state index >= 15 is 0 Å². The van der Waals surface area contributed by atoms with E-state index in [0.29, 0.717) is 13.1 Å². The van der Waals surface area contributed by atoms with Gasteiger partial charge in [0, 0.05) is 26.2 Å². The molecule has 1 heterocycles. The van der Waals surface area contributed by atoms with Gasteiger partial charge >= 0.3 is 6.09 Å². The third-order valence-electron chi connectivity index (χ3n) is 2.45. The first kappa shape index (κ1) is 11.9. The Kier molecular flexibility index (Phi) is 3.59. The molecular formula is C11H18N2O2. The fraction of sp³-hybridized carbons (Fsp3) is 0.727. The Morgan fingerprint density at radius 3 is 2.33 bits per heavy atom. The van der Waals surface area contributed by atoms with Gasteiger partial charge in [-0.1, -0.05) is 5.92 Å². The summed E-state index contributed by atoms with van der Waals surface area (Å²) in [5.74, 6) is 2.44. The Bertz CT molecular complexity index is 273. The van der Waals surface area contributed by atoms with E-state index < -0.39 is 5.60 Å². The molecule has 15 heavy (non-hydrogen) atoms. The Labute approximate surface area is 91.2 Å². The van der Waals surface area contributed by atoms with Crippen LogP contribution in [0.5, 0.6) is 0 Å². The van der Waals surface area contributed by atoms with Crippen molar-refractivity contribution in [2.75, 3.05) is 33.2 Å². The van der Waals surface area contributed by atoms with Gasteiger partial charge in [0.05, 0.1) is 0 Å². The molecule has 1 aliphatic rings. The highest BCUT2D eigenvalue weighted by Gasteiger charge is 2.26. The molecule has 4 heteroatoms. The number of terminal acetylenes is 1. The smallest absolute Gasteiger partial charge is 0.411 e. The summed E-state index contributed by atoms with van der Waals surface area (Å²) >= 11 is 0. The summed E-state index contributed by atoms with van der Waals surface area (Å²) in [7, 11) is 2.04. The van der Waals surface area contributed by atoms with Crippen molar-refractivity contribution in [1.29, 1.82) is 0 Å². The number of likely N-dealkylation sites (N-methyl/N-ethyl adjacent to an activating group) is 1. The standard InChI is InChI=1S/C11H18N2O2/c1-5-11(2,3)15-10(14)13-8-6-12(4)7-9-13/h1H,6-9H2,2-4H3. The van der Waals surface area contributed by atoms with Crippen molar-refractivity contribution in [1.82, 2.24) is 9.80 Å². The Morgan fingerprint density at radius 2 is 1.87 bits per heavy atom. The first-order chi connectivity index (χ1) is 6.94. The molecule has 0 aromatic rings. The minimum atomic E-state index is -0.819. The van der Waals surface area contributed by atoms with Crippen LogP contribution in [-0.2, 0) is 4.74 Å². The highest BCUT2D eigenvalue weighted by atomic mass is 16.6. The minimum absolute atomic E-state index is 0.314. The summed E-state index contributed by atoms with van der Waals surface area (Å²) in [6.07, 6.45) is 4.94. The van der Waals surface area contributed by atoms with Crippen molar-refractivity contribution in [3.63, 3.8) is 0 Å². The second-order valence-corrected chi connectivity index (χ2v) is 4.31. The molecule has 4 nitrogen and oxygen atoms in total. The third-order valence-corrected chi connectivity index (χ3v) is 2.45. The maximum Gasteiger partial charge on any atom is 0.411 e. The van der Waals surface area contributed by atoms with Crippen LogP contribution in [0.2, 0.25) is 0 Å². The Hall–Kier alpha value is -1.21. The first-order valence-corrected chi connectivity index (χ1v) is 5.09. The third kappa shape index (κ3) is 3.45. The van der Waals surface area contributed by atoms with Crippen LogP contribution in [-0.4, -0.2) is 54.7 Å². The van der Waals surface area contributed by atoms with E-state index in [1.54, 1.807) is 18.7 Å². The lowest BCUT2D eigenvalue weighted by atomic mass is 10.1. The van der Waals surface area contributed by atoms with Crippen LogP contribution < -0.4 is 0 Å². The maximum absolute atomic E-state index is 11.7. The summed E-state index contributed by atoms with van der Waals surface area (Å²) in [6, 6.07) is 0. The molecule has 84 valence electrons. The fourth-order valence-electron chi connectivity index (χ4n) is 1.30. The summed E-state index contributed by atoms with van der Waals surface area (Å²) in [5.41, 5.74) is -0.819. The van der Waals surface area contributed by atoms with Crippen LogP contribution in [0, 0.1) is 12.3 Å². The quantitative estimate of drug-likeness (QED) is 0.600. The molecule has 0 atom stereocenters. The molecule has 0 radical (unpaired) electrons. The lowest BCUT2D eigenvalue weighted by Crippen LogP contribution is -2.48. The SMILES string of the molecule is C#CC(C)(C)OC(=O)N1CCN(C)CC1. The molecule has 0 aliphatic carbocycles. The molecule has 0 aromatic carbocycles. The Balaban J connectivity index is 2.45. The molecule has 1 aliphatic heterocycles. The highest BCUT2D eigenvalue weighted by molar-refractivity contribution is 5.68. The van der Waals surface area contributed by atoms with Gasteiger partial charge in [-0.2, -0.15) is 0 Å². The van der Waals surface area contributed by atoms with E-state index in [0.717, 1.165) is 13.1 Å². The van der Waals surface area contributed by atoms with Gasteiger partial charge in [0.25, 0.3) is 0 Å². The molecule has 0 saturated carbocycles. The van der Waals surface area contributed by atoms with Gasteiger partial charge < -0.3 is 14.5 Å². The molecule has 1 fully saturated rings. The number of piperazine rings is 1. The van der Waals surface area contributed by atoms with Gasteiger partial charge in [0.1, 0.15) is 0 Å². The molecular weight excluding hydrogens is 192 g/mol. The second kappa shape index (κ2) is 4.54. The van der Waals surface area contributed by atoms with E-state index in [-0.39, 0.29) is 6.09 Å². The van der Waals surface area contributed by atoms with Crippen LogP contribution in [0.3, 0.4) is 0 Å². The number of ether oxygens (including phenoxy) is 1. The average molecular weight is 210 g/mol. The van der Waals surface area contributed by atoms with Gasteiger partial charge in [0.2, 0.25) is 0 Å². The van der Waals surface area contributed by atoms with E-state index in [1.807, 2.05) is 7.05 Å². The number of hydrogen-bond donors (Lipinski definition) is 0. The lowest BCUT2D eigenvalue weighted by Gasteiger charge is -2.33. The lowest BCUT2D eigenvalue weighted by molar-refractivity contribution is 0.0351. The van der Waals surface area contributed by atoms with Crippen LogP contribution >= 0.6 is 0 Å². The first-order valence-electron chi connectivity index (χ1n) is 5.09. The van der Waals surface area contributed by atoms with Crippen LogP contribution in [0.4, 0.5) is 4.79 Å². The zero-order valence-corrected chi connectivity index (χ0v) is 9.62.